The van der Waals surface area contributed by atoms with Crippen molar-refractivity contribution < 1.29 is 153 Å². The van der Waals surface area contributed by atoms with Gasteiger partial charge in [-0.25, -0.2) is 4.79 Å². The number of nitrogens with one attached hydrogen (secondary N) is 9. The number of unbranched alkanes of at least 4 members (excludes halogenated alkanes) is 7. The van der Waals surface area contributed by atoms with Crippen LogP contribution < -0.4 is 67.8 Å². The summed E-state index contributed by atoms with van der Waals surface area (Å²) in [6, 6.07) is -3.36. The number of benzene rings is 5. The summed E-state index contributed by atoms with van der Waals surface area (Å²) in [5, 5.41) is 205. The van der Waals surface area contributed by atoms with E-state index in [0.29, 0.717) is 19.2 Å². The van der Waals surface area contributed by atoms with Crippen molar-refractivity contribution in [2.75, 3.05) is 53.0 Å². The summed E-state index contributed by atoms with van der Waals surface area (Å²) in [6.45, 7) is 5.36. The van der Waals surface area contributed by atoms with Gasteiger partial charge in [-0.3, -0.25) is 43.3 Å². The van der Waals surface area contributed by atoms with Gasteiger partial charge in [0.1, 0.15) is 108 Å². The lowest BCUT2D eigenvalue weighted by molar-refractivity contribution is -0.334. The normalized spacial score (nSPS) is 26.5. The lowest BCUT2D eigenvalue weighted by atomic mass is 9.85. The van der Waals surface area contributed by atoms with Crippen LogP contribution in [0.4, 0.5) is 0 Å². The third-order valence-corrected chi connectivity index (χ3v) is 24.2. The second-order valence-corrected chi connectivity index (χ2v) is 34.7. The first-order chi connectivity index (χ1) is 62.1. The highest BCUT2D eigenvalue weighted by atomic mass is 35.5. The number of rotatable bonds is 36. The quantitative estimate of drug-likeness (QED) is 0.0231. The Hall–Kier alpha value is -10.0. The van der Waals surface area contributed by atoms with Crippen LogP contribution in [0.15, 0.2) is 72.8 Å². The Labute approximate surface area is 762 Å². The summed E-state index contributed by atoms with van der Waals surface area (Å²) in [5.74, 6) is -19.8. The highest BCUT2D eigenvalue weighted by molar-refractivity contribution is 6.32. The van der Waals surface area contributed by atoms with Gasteiger partial charge in [0.05, 0.1) is 66.1 Å². The van der Waals surface area contributed by atoms with Crippen molar-refractivity contribution in [3.05, 3.63) is 116 Å². The number of amides is 7. The van der Waals surface area contributed by atoms with E-state index in [1.165, 1.54) is 32.4 Å². The maximum absolute atomic E-state index is 16.5. The number of carbonyl (C=O) groups excluding carboxylic acids is 7. The van der Waals surface area contributed by atoms with Crippen LogP contribution in [0.2, 0.25) is 10.0 Å². The number of ether oxygens (including phenoxy) is 6. The van der Waals surface area contributed by atoms with E-state index in [9.17, 15) is 101 Å². The zero-order valence-electron chi connectivity index (χ0n) is 72.6. The molecule has 44 heteroatoms. The Balaban J connectivity index is 1.18. The molecule has 7 heterocycles. The molecule has 0 aliphatic carbocycles. The number of likely N-dealkylation sites (N-methyl/N-ethyl adjacent to an activating group) is 1. The van der Waals surface area contributed by atoms with E-state index in [2.05, 4.69) is 54.8 Å². The maximum Gasteiger partial charge on any atom is 0.330 e. The van der Waals surface area contributed by atoms with Gasteiger partial charge in [0.2, 0.25) is 53.4 Å². The van der Waals surface area contributed by atoms with Crippen LogP contribution in [-0.4, -0.2) is 296 Å². The molecule has 5 aromatic rings. The van der Waals surface area contributed by atoms with Crippen LogP contribution in [0.1, 0.15) is 169 Å². The van der Waals surface area contributed by atoms with Crippen molar-refractivity contribution in [1.82, 2.24) is 52.8 Å². The number of carboxylic acids is 2. The second kappa shape index (κ2) is 46.1. The molecule has 5 aromatic carbocycles. The molecule has 2 saturated heterocycles. The van der Waals surface area contributed by atoms with Crippen LogP contribution in [0.3, 0.4) is 0 Å². The fourth-order valence-corrected chi connectivity index (χ4v) is 16.8. The van der Waals surface area contributed by atoms with Crippen LogP contribution in [0.5, 0.6) is 46.0 Å². The number of nitrogens with zero attached hydrogens (tertiary/aromatic N) is 1. The fourth-order valence-electron chi connectivity index (χ4n) is 16.3. The van der Waals surface area contributed by atoms with Gasteiger partial charge in [-0.1, -0.05) is 107 Å². The molecule has 27 N–H and O–H groups in total. The molecule has 720 valence electrons. The van der Waals surface area contributed by atoms with E-state index in [-0.39, 0.29) is 29.9 Å². The number of phenols is 3. The number of aromatic hydroxyl groups is 3. The molecule has 7 aliphatic rings. The monoisotopic (exact) mass is 1880 g/mol. The van der Waals surface area contributed by atoms with Crippen LogP contribution >= 0.6 is 23.2 Å². The molecule has 7 amide bonds. The number of aliphatic hydroxyl groups is 11. The Kier molecular flexibility index (Phi) is 36.3. The number of aliphatic hydroxyl groups excluding tert-OH is 11. The third kappa shape index (κ3) is 25.3. The lowest BCUT2D eigenvalue weighted by Crippen LogP contribution is -2.65. The molecule has 2 fully saturated rings. The Morgan fingerprint density at radius 3 is 1.87 bits per heavy atom. The smallest absolute Gasteiger partial charge is 0.330 e. The van der Waals surface area contributed by atoms with E-state index >= 15 is 24.0 Å². The SMILES string of the molecule is CCCCCCCCCCNCCN[C@@]1(C)C[C@H](O[C@H]2[C@H](Oc3c4cc5cc3Oc3ccc(cc3Cl)[C@@H](O)[C@@H](NC(=O)[C@@H](CC(C)C)NC)C(=O)N[C@@H](CC(N)=O)C(=O)N[C@H]5C(=O)N[C@H]3C(=O)N[C@H](C(=O)N[C@H](C(=O)O)c5cc(O)c(CN(CC(=O)O)C[C@H](O)[C@@H](O)[C@H](O)[C@H](O)CO)c(O)c5-c5cc3ccc5O)[C@H](O)c3ccc(c(Cl)c3)O4)O[C@H](CO)[C@@H](O)[C@@H]2O)O[C@@H](C)[C@H]1O. The molecule has 131 heavy (non-hydrogen) atoms. The molecular weight excluding hydrogens is 1770 g/mol. The van der Waals surface area contributed by atoms with Gasteiger partial charge in [-0.2, -0.15) is 0 Å². The number of primary amides is 1. The lowest BCUT2D eigenvalue weighted by Gasteiger charge is -2.48. The molecule has 22 atom stereocenters. The third-order valence-electron chi connectivity index (χ3n) is 23.6. The van der Waals surface area contributed by atoms with Crippen molar-refractivity contribution in [3.63, 3.8) is 0 Å². The predicted octanol–water partition coefficient (Wildman–Crippen LogP) is -0.210. The van der Waals surface area contributed by atoms with Gasteiger partial charge in [0, 0.05) is 54.8 Å². The van der Waals surface area contributed by atoms with E-state index in [4.69, 9.17) is 57.4 Å². The minimum Gasteiger partial charge on any atom is -0.507 e. The molecular formula is C87H117Cl2N11O31. The molecule has 0 saturated carbocycles. The molecule has 7 aliphatic heterocycles. The summed E-state index contributed by atoms with van der Waals surface area (Å²) >= 11 is 14.4. The number of phenolic OH excluding ortho intramolecular Hbond substituents is 3. The number of carboxylic acid groups (broad SMARTS) is 2. The average Bonchev–Trinajstić information content (AvgIpc) is 0.753. The maximum atomic E-state index is 16.5. The highest BCUT2D eigenvalue weighted by Crippen LogP contribution is 2.51. The van der Waals surface area contributed by atoms with Crippen molar-refractivity contribution in [2.24, 2.45) is 11.7 Å². The topological polar surface area (TPSA) is 670 Å². The molecule has 11 bridgehead atoms. The van der Waals surface area contributed by atoms with Gasteiger partial charge in [0.25, 0.3) is 0 Å². The molecule has 0 aromatic heterocycles. The van der Waals surface area contributed by atoms with Crippen LogP contribution in [0.25, 0.3) is 11.1 Å². The zero-order chi connectivity index (χ0) is 95.9. The number of aliphatic carboxylic acids is 2. The van der Waals surface area contributed by atoms with Crippen molar-refractivity contribution in [2.45, 2.75) is 245 Å². The van der Waals surface area contributed by atoms with E-state index in [0.717, 1.165) is 104 Å². The number of nitrogens with two attached hydrogens (primary N) is 1. The first-order valence-electron chi connectivity index (χ1n) is 43.0. The zero-order valence-corrected chi connectivity index (χ0v) is 74.1. The number of hydrogen-bond acceptors (Lipinski definition) is 33. The van der Waals surface area contributed by atoms with Crippen LogP contribution in [-0.2, 0) is 63.9 Å². The number of halogens is 2. The Morgan fingerprint density at radius 2 is 1.27 bits per heavy atom. The number of carbonyl (C=O) groups is 9. The van der Waals surface area contributed by atoms with Crippen molar-refractivity contribution in [3.8, 4) is 57.1 Å². The van der Waals surface area contributed by atoms with Crippen molar-refractivity contribution in [1.29, 1.82) is 0 Å². The van der Waals surface area contributed by atoms with E-state index < -0.39 is 316 Å². The second-order valence-electron chi connectivity index (χ2n) is 33.9. The molecule has 12 rings (SSSR count). The van der Waals surface area contributed by atoms with Crippen LogP contribution in [0, 0.1) is 5.92 Å². The minimum absolute atomic E-state index is 0.147. The highest BCUT2D eigenvalue weighted by Gasteiger charge is 2.53. The molecule has 0 unspecified atom stereocenters. The molecule has 42 nitrogen and oxygen atoms in total. The first-order valence-corrected chi connectivity index (χ1v) is 43.8. The number of hydrogen-bond donors (Lipinski definition) is 26. The summed E-state index contributed by atoms with van der Waals surface area (Å²) in [7, 11) is 1.45. The first kappa shape index (κ1) is 103. The van der Waals surface area contributed by atoms with Gasteiger partial charge < -0.3 is 164 Å². The standard InChI is InChI=1S/C87H117Cl2N11O31/c1-7-8-9-10-11-12-13-14-21-92-22-23-93-87(5)32-62(126-39(4)78(87)117)130-77-75(116)74(115)59(37-102)129-86(77)131-76-57-28-43-29-58(76)128-56-20-17-42(27-48(56)89)70(111)68-84(123)97-66(85(124)125)45-30-52(104)46(33-100(35-61(108)109)34-53(105)72(113)73(114)54(106)36-101)71(112)63(45)44-25-40(15-18-51(44)103)64(81(120)99-68)96-82(121)65(43)95-80(119)50(31-60(90)107)94-83(122)67(98-79(118)49(91-6)24-38(2)3)69(110)41-16-19-55(127-57)47(88)26-41/h15-20,25-30,38-39,49-50,53-54,59,62,64-70,72-75,77-78,86,91-93,101-106,110-117H,7-14,21-24,31-37H2,1-6H3,(H2,90,107)(H,94,122)(H,95,119)(H,96,121)(H,97,123)(H,98,118)(H,99,120)(H,108,109)(H,124,125)/t39-,49+,50-,53-,54+,59+,62-,64+,65+,66-,67+,68-,69+,70+,72+,73+,74+,75-,77+,78+,86-,87-/m0/s1. The largest absolute Gasteiger partial charge is 0.507 e. The van der Waals surface area contributed by atoms with Gasteiger partial charge in [-0.15, -0.1) is 0 Å². The predicted molar refractivity (Wildman–Crippen MR) is 463 cm³/mol. The number of fused-ring (bicyclic) bond motifs is 15. The Morgan fingerprint density at radius 1 is 0.672 bits per heavy atom. The Bertz CT molecular complexity index is 4890. The van der Waals surface area contributed by atoms with E-state index in [1.54, 1.807) is 27.7 Å². The average molecular weight is 1880 g/mol. The summed E-state index contributed by atoms with van der Waals surface area (Å²) in [4.78, 5) is 133. The molecule has 0 spiro atoms. The van der Waals surface area contributed by atoms with E-state index in [1.807, 2.05) is 0 Å². The summed E-state index contributed by atoms with van der Waals surface area (Å²) in [6.07, 6.45) is -18.8. The van der Waals surface area contributed by atoms with Gasteiger partial charge in [0.15, 0.2) is 29.9 Å². The van der Waals surface area contributed by atoms with Gasteiger partial charge >= 0.3 is 11.9 Å². The summed E-state index contributed by atoms with van der Waals surface area (Å²) in [5.41, 5.74) is -0.215. The van der Waals surface area contributed by atoms with Gasteiger partial charge in [-0.05, 0) is 123 Å². The summed E-state index contributed by atoms with van der Waals surface area (Å²) < 4.78 is 39.5. The fraction of sp³-hybridized carbons (Fsp3) is 0.552. The molecule has 0 radical (unpaired) electrons. The van der Waals surface area contributed by atoms with Crippen molar-refractivity contribution >= 4 is 76.5 Å². The minimum atomic E-state index is -2.54.